The van der Waals surface area contributed by atoms with E-state index in [1.54, 1.807) is 0 Å². The van der Waals surface area contributed by atoms with Crippen molar-refractivity contribution in [2.24, 2.45) is 5.41 Å². The van der Waals surface area contributed by atoms with Crippen LogP contribution in [0.1, 0.15) is 128 Å². The van der Waals surface area contributed by atoms with Crippen molar-refractivity contribution in [2.45, 2.75) is 105 Å². The standard InChI is InChI=1S/2C24H27OP.C5H12O4.2C2H6/c2*1-23(2,18-11-7-5-8-12-18)20-15-16-22(25-26)21(17-20)24(3,4)19-13-9-6-10-14-19;6-1-5(2-7,3-8)4-9;2*1-2/h2*5-17H,26H2,1-4H3;6-9H,1-4H2;2*1-2H3. The van der Waals surface area contributed by atoms with Gasteiger partial charge >= 0.3 is 0 Å². The molecule has 2 unspecified atom stereocenters. The molecule has 0 radical (unpaired) electrons. The molecule has 6 aromatic rings. The summed E-state index contributed by atoms with van der Waals surface area (Å²) in [6.45, 7) is 24.5. The fraction of sp³-hybridized carbons (Fsp3) is 0.368. The molecule has 0 saturated carbocycles. The van der Waals surface area contributed by atoms with Crippen molar-refractivity contribution in [1.82, 2.24) is 0 Å². The predicted octanol–water partition coefficient (Wildman–Crippen LogP) is 13.0. The average molecular weight is 921 g/mol. The van der Waals surface area contributed by atoms with Crippen molar-refractivity contribution in [1.29, 1.82) is 0 Å². The Labute approximate surface area is 397 Å². The molecule has 6 aromatic carbocycles. The molecule has 2 atom stereocenters. The van der Waals surface area contributed by atoms with Gasteiger partial charge in [-0.15, -0.1) is 0 Å². The molecule has 0 aliphatic heterocycles. The molecule has 6 rings (SSSR count). The Bertz CT molecular complexity index is 2050. The molecule has 0 saturated heterocycles. The zero-order chi connectivity index (χ0) is 48.9. The van der Waals surface area contributed by atoms with E-state index < -0.39 is 31.8 Å². The lowest BCUT2D eigenvalue weighted by Gasteiger charge is -2.32. The van der Waals surface area contributed by atoms with Crippen molar-refractivity contribution in [2.75, 3.05) is 26.4 Å². The third-order valence-electron chi connectivity index (χ3n) is 12.3. The first kappa shape index (κ1) is 56.7. The van der Waals surface area contributed by atoms with Crippen LogP contribution in [0.3, 0.4) is 0 Å². The van der Waals surface area contributed by atoms with Gasteiger partial charge in [0.25, 0.3) is 0 Å². The van der Waals surface area contributed by atoms with Crippen LogP contribution in [0.25, 0.3) is 0 Å². The molecule has 0 aliphatic rings. The molecule has 0 bridgehead atoms. The van der Waals surface area contributed by atoms with Gasteiger partial charge in [-0.25, -0.2) is 0 Å². The molecular weight excluding hydrogens is 843 g/mol. The van der Waals surface area contributed by atoms with E-state index in [4.69, 9.17) is 29.5 Å². The van der Waals surface area contributed by atoms with Crippen LogP contribution in [0.2, 0.25) is 0 Å². The molecule has 0 aliphatic carbocycles. The average Bonchev–Trinajstić information content (AvgIpc) is 3.37. The van der Waals surface area contributed by atoms with Crippen molar-refractivity contribution in [3.63, 3.8) is 0 Å². The highest BCUT2D eigenvalue weighted by atomic mass is 31.0. The van der Waals surface area contributed by atoms with Gasteiger partial charge in [-0.1, -0.05) is 229 Å². The fourth-order valence-electron chi connectivity index (χ4n) is 7.38. The number of hydrogen-bond donors (Lipinski definition) is 4. The summed E-state index contributed by atoms with van der Waals surface area (Å²) in [4.78, 5) is 0. The van der Waals surface area contributed by atoms with Gasteiger partial charge in [-0.2, -0.15) is 0 Å². The maximum Gasteiger partial charge on any atom is 0.126 e. The van der Waals surface area contributed by atoms with E-state index in [0.717, 1.165) is 11.5 Å². The number of hydrogen-bond acceptors (Lipinski definition) is 6. The lowest BCUT2D eigenvalue weighted by atomic mass is 9.73. The summed E-state index contributed by atoms with van der Waals surface area (Å²) in [7, 11) is 4.79. The highest BCUT2D eigenvalue weighted by Gasteiger charge is 2.32. The second-order valence-electron chi connectivity index (χ2n) is 17.8. The molecule has 0 heterocycles. The van der Waals surface area contributed by atoms with Gasteiger partial charge in [0.2, 0.25) is 0 Å². The number of aliphatic hydroxyl groups excluding tert-OH is 4. The summed E-state index contributed by atoms with van der Waals surface area (Å²) < 4.78 is 11.3. The highest BCUT2D eigenvalue weighted by molar-refractivity contribution is 7.10. The van der Waals surface area contributed by atoms with Gasteiger partial charge in [0.15, 0.2) is 0 Å². The van der Waals surface area contributed by atoms with Crippen LogP contribution in [0.5, 0.6) is 11.5 Å². The minimum atomic E-state index is -1.11. The Morgan fingerprint density at radius 3 is 0.769 bits per heavy atom. The monoisotopic (exact) mass is 921 g/mol. The maximum atomic E-state index is 8.50. The Kier molecular flexibility index (Phi) is 23.3. The van der Waals surface area contributed by atoms with Crippen molar-refractivity contribution >= 4 is 18.9 Å². The van der Waals surface area contributed by atoms with Crippen LogP contribution in [0.15, 0.2) is 158 Å². The number of benzene rings is 6. The van der Waals surface area contributed by atoms with Gasteiger partial charge in [0.1, 0.15) is 11.5 Å². The minimum absolute atomic E-state index is 0.0812. The van der Waals surface area contributed by atoms with Gasteiger partial charge in [0, 0.05) is 32.8 Å². The third-order valence-corrected chi connectivity index (χ3v) is 12.8. The van der Waals surface area contributed by atoms with Gasteiger partial charge in [0.05, 0.1) is 50.8 Å². The minimum Gasteiger partial charge on any atom is -0.480 e. The van der Waals surface area contributed by atoms with E-state index in [2.05, 4.69) is 232 Å². The highest BCUT2D eigenvalue weighted by Crippen LogP contribution is 2.43. The first-order chi connectivity index (χ1) is 31.0. The van der Waals surface area contributed by atoms with Crippen LogP contribution in [-0.2, 0) is 21.7 Å². The molecule has 0 aromatic heterocycles. The lowest BCUT2D eigenvalue weighted by Crippen LogP contribution is -2.37. The SMILES string of the molecule is CC.CC.CC(C)(c1ccccc1)c1ccc(OP)c(C(C)(C)c2ccccc2)c1.CC(C)(c1ccccc1)c1ccc(OP)c(C(C)(C)c2ccccc2)c1.OCC(CO)(CO)CO. The first-order valence-electron chi connectivity index (χ1n) is 22.7. The van der Waals surface area contributed by atoms with Crippen LogP contribution in [0.4, 0.5) is 0 Å². The van der Waals surface area contributed by atoms with Gasteiger partial charge in [-0.05, 0) is 45.5 Å². The van der Waals surface area contributed by atoms with Crippen LogP contribution in [0, 0.1) is 5.41 Å². The summed E-state index contributed by atoms with van der Waals surface area (Å²) in [6.07, 6.45) is 0. The Morgan fingerprint density at radius 2 is 0.569 bits per heavy atom. The van der Waals surface area contributed by atoms with E-state index in [9.17, 15) is 0 Å². The predicted molar refractivity (Wildman–Crippen MR) is 281 cm³/mol. The first-order valence-corrected chi connectivity index (χ1v) is 23.6. The molecule has 0 amide bonds. The zero-order valence-corrected chi connectivity index (χ0v) is 43.4. The van der Waals surface area contributed by atoms with Gasteiger partial charge < -0.3 is 29.5 Å². The molecule has 65 heavy (non-hydrogen) atoms. The van der Waals surface area contributed by atoms with Crippen molar-refractivity contribution in [3.05, 3.63) is 202 Å². The van der Waals surface area contributed by atoms with E-state index in [1.165, 1.54) is 44.5 Å². The Morgan fingerprint density at radius 1 is 0.338 bits per heavy atom. The molecule has 0 spiro atoms. The molecule has 8 heteroatoms. The molecular formula is C57H78O6P2. The van der Waals surface area contributed by atoms with Gasteiger partial charge in [-0.3, -0.25) is 0 Å². The van der Waals surface area contributed by atoms with E-state index in [0.29, 0.717) is 0 Å². The zero-order valence-electron chi connectivity index (χ0n) is 41.1. The summed E-state index contributed by atoms with van der Waals surface area (Å²) >= 11 is 0. The summed E-state index contributed by atoms with van der Waals surface area (Å²) in [5.74, 6) is 1.80. The van der Waals surface area contributed by atoms with E-state index in [-0.39, 0.29) is 21.7 Å². The largest absolute Gasteiger partial charge is 0.480 e. The summed E-state index contributed by atoms with van der Waals surface area (Å²) in [5, 5.41) is 34.0. The lowest BCUT2D eigenvalue weighted by molar-refractivity contribution is -0.0328. The number of rotatable bonds is 14. The van der Waals surface area contributed by atoms with Crippen LogP contribution in [-0.4, -0.2) is 46.9 Å². The molecule has 4 N–H and O–H groups in total. The maximum absolute atomic E-state index is 8.50. The third kappa shape index (κ3) is 14.3. The van der Waals surface area contributed by atoms with Crippen molar-refractivity contribution in [3.8, 4) is 11.5 Å². The summed E-state index contributed by atoms with van der Waals surface area (Å²) in [5.41, 5.74) is 8.54. The second kappa shape index (κ2) is 26.7. The molecule has 6 nitrogen and oxygen atoms in total. The smallest absolute Gasteiger partial charge is 0.126 e. The fourth-order valence-corrected chi connectivity index (χ4v) is 7.79. The number of aliphatic hydroxyl groups is 4. The summed E-state index contributed by atoms with van der Waals surface area (Å²) in [6, 6.07) is 55.7. The normalized spacial score (nSPS) is 11.5. The van der Waals surface area contributed by atoms with E-state index in [1.807, 2.05) is 27.7 Å². The van der Waals surface area contributed by atoms with E-state index >= 15 is 0 Å². The molecule has 0 fully saturated rings. The topological polar surface area (TPSA) is 99.4 Å². The molecule has 352 valence electrons. The quantitative estimate of drug-likeness (QED) is 0.0813. The van der Waals surface area contributed by atoms with Crippen molar-refractivity contribution < 1.29 is 29.5 Å². The Hall–Kier alpha value is -4.38. The Balaban J connectivity index is 0.000000354. The van der Waals surface area contributed by atoms with Crippen LogP contribution >= 0.6 is 18.9 Å². The van der Waals surface area contributed by atoms with Crippen LogP contribution < -0.4 is 9.05 Å². The second-order valence-corrected chi connectivity index (χ2v) is 18.2.